The van der Waals surface area contributed by atoms with Crippen molar-refractivity contribution in [3.05, 3.63) is 0 Å². The molecule has 1 saturated heterocycles. The summed E-state index contributed by atoms with van der Waals surface area (Å²) in [5, 5.41) is 6.87. The van der Waals surface area contributed by atoms with Crippen molar-refractivity contribution in [2.75, 3.05) is 33.2 Å². The van der Waals surface area contributed by atoms with E-state index >= 15 is 0 Å². The minimum atomic E-state index is -0.134. The Kier molecular flexibility index (Phi) is 10.5. The lowest BCUT2D eigenvalue weighted by atomic mass is 9.96. The Labute approximate surface area is 154 Å². The molecule has 25 heavy (non-hydrogen) atoms. The van der Waals surface area contributed by atoms with Gasteiger partial charge in [-0.2, -0.15) is 0 Å². The predicted molar refractivity (Wildman–Crippen MR) is 106 cm³/mol. The van der Waals surface area contributed by atoms with Crippen LogP contribution in [0.25, 0.3) is 0 Å². The number of carbonyl (C=O) groups excluding carboxylic acids is 1. The highest BCUT2D eigenvalue weighted by Crippen LogP contribution is 2.16. The van der Waals surface area contributed by atoms with E-state index in [2.05, 4.69) is 41.3 Å². The molecule has 1 fully saturated rings. The van der Waals surface area contributed by atoms with Crippen molar-refractivity contribution in [1.29, 1.82) is 0 Å². The Morgan fingerprint density at radius 1 is 1.20 bits per heavy atom. The van der Waals surface area contributed by atoms with Gasteiger partial charge in [0, 0.05) is 25.6 Å². The molecule has 0 aliphatic carbocycles. The zero-order valence-electron chi connectivity index (χ0n) is 16.7. The molecule has 0 aromatic carbocycles. The number of carbonyl (C=O) groups is 1. The maximum absolute atomic E-state index is 11.2. The average Bonchev–Trinajstić information content (AvgIpc) is 2.59. The molecule has 6 heteroatoms. The van der Waals surface area contributed by atoms with Gasteiger partial charge >= 0.3 is 0 Å². The number of likely N-dealkylation sites (tertiary alicyclic amines) is 1. The molecule has 4 N–H and O–H groups in total. The summed E-state index contributed by atoms with van der Waals surface area (Å²) in [6.07, 6.45) is 6.51. The van der Waals surface area contributed by atoms with E-state index in [9.17, 15) is 4.79 Å². The van der Waals surface area contributed by atoms with E-state index in [0.717, 1.165) is 63.7 Å². The van der Waals surface area contributed by atoms with Crippen molar-refractivity contribution in [1.82, 2.24) is 15.5 Å². The lowest BCUT2D eigenvalue weighted by molar-refractivity contribution is -0.123. The van der Waals surface area contributed by atoms with Crippen LogP contribution in [0.4, 0.5) is 0 Å². The van der Waals surface area contributed by atoms with E-state index in [1.165, 1.54) is 12.8 Å². The number of nitrogens with two attached hydrogens (primary N) is 1. The largest absolute Gasteiger partial charge is 0.369 e. The molecule has 1 heterocycles. The molecule has 1 aliphatic rings. The van der Waals surface area contributed by atoms with E-state index in [4.69, 9.17) is 5.73 Å². The molecule has 1 atom stereocenters. The number of hydrogen-bond donors (Lipinski definition) is 3. The number of guanidine groups is 1. The average molecular weight is 354 g/mol. The van der Waals surface area contributed by atoms with Crippen LogP contribution in [0, 0.1) is 11.8 Å². The van der Waals surface area contributed by atoms with Crippen LogP contribution in [0.5, 0.6) is 0 Å². The van der Waals surface area contributed by atoms with Crippen LogP contribution in [0.1, 0.15) is 59.3 Å². The first-order valence-electron chi connectivity index (χ1n) is 9.91. The minimum absolute atomic E-state index is 0.0880. The minimum Gasteiger partial charge on any atom is -0.369 e. The molecule has 0 radical (unpaired) electrons. The molecule has 1 unspecified atom stereocenters. The number of nitrogens with one attached hydrogen (secondary N) is 2. The molecule has 146 valence electrons. The van der Waals surface area contributed by atoms with Gasteiger partial charge in [0.2, 0.25) is 5.91 Å². The van der Waals surface area contributed by atoms with Crippen molar-refractivity contribution in [3.8, 4) is 0 Å². The summed E-state index contributed by atoms with van der Waals surface area (Å²) in [5.41, 5.74) is 5.38. The Bertz CT molecular complexity index is 403. The van der Waals surface area contributed by atoms with Crippen LogP contribution in [0.3, 0.4) is 0 Å². The van der Waals surface area contributed by atoms with E-state index in [-0.39, 0.29) is 11.8 Å². The molecule has 0 bridgehead atoms. The molecule has 0 spiro atoms. The standard InChI is InChI=1S/C19H39N5O/c1-15(2)7-8-16(3)23-19(21-4)22-11-5-6-12-24-13-9-17(10-14-24)18(20)25/h15-17H,5-14H2,1-4H3,(H2,20,25)(H2,21,22,23). The van der Waals surface area contributed by atoms with E-state index in [0.29, 0.717) is 6.04 Å². The third-order valence-corrected chi connectivity index (χ3v) is 4.97. The molecule has 1 rings (SSSR count). The summed E-state index contributed by atoms with van der Waals surface area (Å²) >= 11 is 0. The summed E-state index contributed by atoms with van der Waals surface area (Å²) in [4.78, 5) is 17.9. The molecule has 1 aliphatic heterocycles. The monoisotopic (exact) mass is 353 g/mol. The first kappa shape index (κ1) is 21.7. The van der Waals surface area contributed by atoms with Crippen molar-refractivity contribution < 1.29 is 4.79 Å². The zero-order valence-corrected chi connectivity index (χ0v) is 16.7. The predicted octanol–water partition coefficient (Wildman–Crippen LogP) is 1.95. The number of piperidine rings is 1. The Morgan fingerprint density at radius 3 is 2.44 bits per heavy atom. The van der Waals surface area contributed by atoms with Crippen LogP contribution < -0.4 is 16.4 Å². The molecular weight excluding hydrogens is 314 g/mol. The fourth-order valence-electron chi connectivity index (χ4n) is 3.19. The molecule has 1 amide bonds. The number of rotatable bonds is 10. The topological polar surface area (TPSA) is 82.8 Å². The summed E-state index contributed by atoms with van der Waals surface area (Å²) in [6, 6.07) is 0.445. The Hall–Kier alpha value is -1.30. The summed E-state index contributed by atoms with van der Waals surface area (Å²) in [6.45, 7) is 10.8. The van der Waals surface area contributed by atoms with Crippen LogP contribution in [0.15, 0.2) is 4.99 Å². The highest BCUT2D eigenvalue weighted by atomic mass is 16.1. The lowest BCUT2D eigenvalue weighted by Crippen LogP contribution is -2.42. The third kappa shape index (κ3) is 9.68. The van der Waals surface area contributed by atoms with Crippen molar-refractivity contribution in [2.24, 2.45) is 22.6 Å². The van der Waals surface area contributed by atoms with Crippen LogP contribution in [0.2, 0.25) is 0 Å². The second kappa shape index (κ2) is 12.1. The number of hydrogen-bond acceptors (Lipinski definition) is 3. The van der Waals surface area contributed by atoms with E-state index in [1.807, 2.05) is 7.05 Å². The number of aliphatic imine (C=N–C) groups is 1. The van der Waals surface area contributed by atoms with Gasteiger partial charge in [0.25, 0.3) is 0 Å². The van der Waals surface area contributed by atoms with Gasteiger partial charge in [-0.15, -0.1) is 0 Å². The fourth-order valence-corrected chi connectivity index (χ4v) is 3.19. The van der Waals surface area contributed by atoms with Gasteiger partial charge in [0.15, 0.2) is 5.96 Å². The van der Waals surface area contributed by atoms with Crippen LogP contribution >= 0.6 is 0 Å². The maximum atomic E-state index is 11.2. The van der Waals surface area contributed by atoms with Gasteiger partial charge in [0.1, 0.15) is 0 Å². The fraction of sp³-hybridized carbons (Fsp3) is 0.895. The Morgan fingerprint density at radius 2 is 1.88 bits per heavy atom. The normalized spacial score (nSPS) is 18.4. The van der Waals surface area contributed by atoms with Crippen molar-refractivity contribution in [2.45, 2.75) is 65.3 Å². The van der Waals surface area contributed by atoms with E-state index < -0.39 is 0 Å². The second-order valence-electron chi connectivity index (χ2n) is 7.74. The van der Waals surface area contributed by atoms with Crippen molar-refractivity contribution >= 4 is 11.9 Å². The molecular formula is C19H39N5O. The summed E-state index contributed by atoms with van der Waals surface area (Å²) in [7, 11) is 1.83. The summed E-state index contributed by atoms with van der Waals surface area (Å²) < 4.78 is 0. The quantitative estimate of drug-likeness (QED) is 0.318. The lowest BCUT2D eigenvalue weighted by Gasteiger charge is -2.30. The van der Waals surface area contributed by atoms with Gasteiger partial charge in [0.05, 0.1) is 0 Å². The molecule has 0 aromatic rings. The third-order valence-electron chi connectivity index (χ3n) is 4.97. The van der Waals surface area contributed by atoms with Crippen molar-refractivity contribution in [3.63, 3.8) is 0 Å². The molecule has 6 nitrogen and oxygen atoms in total. The van der Waals surface area contributed by atoms with Gasteiger partial charge in [-0.3, -0.25) is 9.79 Å². The van der Waals surface area contributed by atoms with Gasteiger partial charge in [-0.1, -0.05) is 13.8 Å². The molecule has 0 saturated carbocycles. The first-order chi connectivity index (χ1) is 11.9. The first-order valence-corrected chi connectivity index (χ1v) is 9.91. The summed E-state index contributed by atoms with van der Waals surface area (Å²) in [5.74, 6) is 1.60. The van der Waals surface area contributed by atoms with Crippen LogP contribution in [-0.4, -0.2) is 56.0 Å². The second-order valence-corrected chi connectivity index (χ2v) is 7.74. The van der Waals surface area contributed by atoms with Crippen LogP contribution in [-0.2, 0) is 4.79 Å². The van der Waals surface area contributed by atoms with Gasteiger partial charge in [-0.05, 0) is 71.0 Å². The molecule has 0 aromatic heterocycles. The zero-order chi connectivity index (χ0) is 18.7. The smallest absolute Gasteiger partial charge is 0.220 e. The van der Waals surface area contributed by atoms with Gasteiger partial charge < -0.3 is 21.3 Å². The Balaban J connectivity index is 2.09. The maximum Gasteiger partial charge on any atom is 0.220 e. The number of unbranched alkanes of at least 4 members (excludes halogenated alkanes) is 1. The number of nitrogens with zero attached hydrogens (tertiary/aromatic N) is 2. The highest BCUT2D eigenvalue weighted by molar-refractivity contribution is 5.79. The van der Waals surface area contributed by atoms with E-state index in [1.54, 1.807) is 0 Å². The number of primary amides is 1. The highest BCUT2D eigenvalue weighted by Gasteiger charge is 2.22. The number of amides is 1. The SMILES string of the molecule is CN=C(NCCCCN1CCC(C(N)=O)CC1)NC(C)CCC(C)C. The van der Waals surface area contributed by atoms with Gasteiger partial charge in [-0.25, -0.2) is 0 Å².